The van der Waals surface area contributed by atoms with Crippen molar-refractivity contribution in [1.82, 2.24) is 24.6 Å². The largest absolute Gasteiger partial charge is 0.379 e. The van der Waals surface area contributed by atoms with Crippen molar-refractivity contribution in [2.45, 2.75) is 26.3 Å². The van der Waals surface area contributed by atoms with Crippen LogP contribution in [-0.2, 0) is 4.79 Å². The van der Waals surface area contributed by atoms with Crippen molar-refractivity contribution >= 4 is 45.6 Å². The van der Waals surface area contributed by atoms with Crippen molar-refractivity contribution in [3.63, 3.8) is 0 Å². The normalized spacial score (nSPS) is 17.9. The number of carbonyl (C=O) groups is 1. The summed E-state index contributed by atoms with van der Waals surface area (Å²) in [5.41, 5.74) is 2.04. The molecule has 1 aliphatic carbocycles. The minimum atomic E-state index is -0.598. The summed E-state index contributed by atoms with van der Waals surface area (Å²) in [5, 5.41) is 13.2. The number of hydrogen-bond donors (Lipinski definition) is 3. The zero-order chi connectivity index (χ0) is 22.6. The van der Waals surface area contributed by atoms with Crippen LogP contribution in [0.5, 0.6) is 0 Å². The molecule has 8 nitrogen and oxygen atoms in total. The van der Waals surface area contributed by atoms with Crippen LogP contribution in [0.1, 0.15) is 20.3 Å². The molecule has 4 aromatic rings. The lowest BCUT2D eigenvalue weighted by molar-refractivity contribution is -0.117. The molecule has 2 atom stereocenters. The zero-order valence-electron chi connectivity index (χ0n) is 17.3. The standard InChI is InChI=1S/C21H20ClF2N7O/c1-9(2)27-20-18(24)17(22)16(12-5-26-30-19(12)20)13-7-31-8-14(28-15(31)6-25-13)29-21(32)11-3-10(11)4-23/h5-11,27H,3-4H2,1-2H3,(H,26,30)(H,29,32). The number of hydrogen-bond acceptors (Lipinski definition) is 5. The summed E-state index contributed by atoms with van der Waals surface area (Å²) in [6.07, 6.45) is 6.91. The van der Waals surface area contributed by atoms with Gasteiger partial charge in [0, 0.05) is 29.1 Å². The Hall–Kier alpha value is -3.27. The van der Waals surface area contributed by atoms with Gasteiger partial charge in [0.05, 0.1) is 47.2 Å². The summed E-state index contributed by atoms with van der Waals surface area (Å²) < 4.78 is 29.5. The van der Waals surface area contributed by atoms with Crippen LogP contribution in [0.4, 0.5) is 20.3 Å². The number of benzene rings is 1. The van der Waals surface area contributed by atoms with E-state index >= 15 is 4.39 Å². The van der Waals surface area contributed by atoms with Gasteiger partial charge in [-0.25, -0.2) is 9.37 Å². The topological polar surface area (TPSA) is 100 Å². The van der Waals surface area contributed by atoms with Gasteiger partial charge < -0.3 is 15.0 Å². The second-order valence-electron chi connectivity index (χ2n) is 8.25. The Balaban J connectivity index is 1.53. The number of carbonyl (C=O) groups excluding carboxylic acids is 1. The Morgan fingerprint density at radius 1 is 1.38 bits per heavy atom. The fourth-order valence-electron chi connectivity index (χ4n) is 3.84. The summed E-state index contributed by atoms with van der Waals surface area (Å²) in [5.74, 6) is -1.03. The summed E-state index contributed by atoms with van der Waals surface area (Å²) in [4.78, 5) is 20.9. The van der Waals surface area contributed by atoms with Crippen molar-refractivity contribution in [3.8, 4) is 11.3 Å². The highest BCUT2D eigenvalue weighted by Gasteiger charge is 2.43. The molecule has 1 fully saturated rings. The van der Waals surface area contributed by atoms with E-state index in [0.717, 1.165) is 0 Å². The minimum Gasteiger partial charge on any atom is -0.379 e. The van der Waals surface area contributed by atoms with Crippen LogP contribution in [0.2, 0.25) is 5.02 Å². The van der Waals surface area contributed by atoms with E-state index in [9.17, 15) is 9.18 Å². The van der Waals surface area contributed by atoms with Gasteiger partial charge in [0.25, 0.3) is 0 Å². The number of fused-ring (bicyclic) bond motifs is 2. The maximum absolute atomic E-state index is 15.2. The number of halogens is 3. The Kier molecular flexibility index (Phi) is 4.96. The fourth-order valence-corrected chi connectivity index (χ4v) is 4.13. The van der Waals surface area contributed by atoms with E-state index in [1.807, 2.05) is 13.8 Å². The summed E-state index contributed by atoms with van der Waals surface area (Å²) in [6, 6.07) is -0.0113. The second-order valence-corrected chi connectivity index (χ2v) is 8.62. The predicted molar refractivity (Wildman–Crippen MR) is 118 cm³/mol. The van der Waals surface area contributed by atoms with Gasteiger partial charge in [-0.3, -0.25) is 19.3 Å². The van der Waals surface area contributed by atoms with Crippen LogP contribution in [0, 0.1) is 17.7 Å². The van der Waals surface area contributed by atoms with Crippen LogP contribution < -0.4 is 10.6 Å². The van der Waals surface area contributed by atoms with Gasteiger partial charge in [-0.1, -0.05) is 11.6 Å². The molecule has 0 spiro atoms. The molecular weight excluding hydrogens is 440 g/mol. The summed E-state index contributed by atoms with van der Waals surface area (Å²) in [7, 11) is 0. The molecule has 1 aliphatic rings. The maximum Gasteiger partial charge on any atom is 0.229 e. The number of anilines is 2. The minimum absolute atomic E-state index is 0.0113. The Bertz CT molecular complexity index is 1350. The molecule has 166 valence electrons. The number of amides is 1. The highest BCUT2D eigenvalue weighted by atomic mass is 35.5. The zero-order valence-corrected chi connectivity index (χ0v) is 18.0. The number of aromatic nitrogens is 5. The van der Waals surface area contributed by atoms with Crippen LogP contribution >= 0.6 is 11.6 Å². The monoisotopic (exact) mass is 459 g/mol. The summed E-state index contributed by atoms with van der Waals surface area (Å²) >= 11 is 6.44. The number of H-pyrrole nitrogens is 1. The van der Waals surface area contributed by atoms with E-state index < -0.39 is 12.5 Å². The van der Waals surface area contributed by atoms with E-state index in [4.69, 9.17) is 11.6 Å². The van der Waals surface area contributed by atoms with Gasteiger partial charge in [0.2, 0.25) is 5.91 Å². The average molecular weight is 460 g/mol. The van der Waals surface area contributed by atoms with Gasteiger partial charge in [-0.05, 0) is 26.2 Å². The molecule has 5 rings (SSSR count). The Labute approximate surface area is 186 Å². The number of nitrogens with zero attached hydrogens (tertiary/aromatic N) is 4. The third-order valence-electron chi connectivity index (χ3n) is 5.53. The average Bonchev–Trinajstić information content (AvgIpc) is 3.22. The van der Waals surface area contributed by atoms with E-state index in [1.54, 1.807) is 23.0 Å². The number of alkyl halides is 1. The number of imidazole rings is 1. The number of aromatic amines is 1. The molecule has 3 heterocycles. The van der Waals surface area contributed by atoms with Crippen LogP contribution in [0.3, 0.4) is 0 Å². The van der Waals surface area contributed by atoms with Crippen LogP contribution in [-0.4, -0.2) is 43.2 Å². The van der Waals surface area contributed by atoms with Gasteiger partial charge in [0.1, 0.15) is 0 Å². The first-order valence-electron chi connectivity index (χ1n) is 10.2. The molecule has 3 N–H and O–H groups in total. The molecule has 2 unspecified atom stereocenters. The smallest absolute Gasteiger partial charge is 0.229 e. The first kappa shape index (κ1) is 20.6. The van der Waals surface area contributed by atoms with Gasteiger partial charge in [-0.15, -0.1) is 0 Å². The summed E-state index contributed by atoms with van der Waals surface area (Å²) in [6.45, 7) is 3.30. The molecule has 0 saturated heterocycles. The van der Waals surface area contributed by atoms with Crippen molar-refractivity contribution in [2.24, 2.45) is 11.8 Å². The maximum atomic E-state index is 15.2. The molecule has 0 radical (unpaired) electrons. The highest BCUT2D eigenvalue weighted by molar-refractivity contribution is 6.35. The molecule has 1 saturated carbocycles. The first-order chi connectivity index (χ1) is 15.4. The molecule has 1 amide bonds. The molecule has 1 aromatic carbocycles. The van der Waals surface area contributed by atoms with Crippen molar-refractivity contribution < 1.29 is 13.6 Å². The second kappa shape index (κ2) is 7.70. The van der Waals surface area contributed by atoms with E-state index in [1.165, 1.54) is 6.20 Å². The van der Waals surface area contributed by atoms with E-state index in [-0.39, 0.29) is 34.5 Å². The van der Waals surface area contributed by atoms with Crippen LogP contribution in [0.15, 0.2) is 24.8 Å². The van der Waals surface area contributed by atoms with Crippen molar-refractivity contribution in [2.75, 3.05) is 17.3 Å². The van der Waals surface area contributed by atoms with E-state index in [0.29, 0.717) is 40.0 Å². The number of rotatable bonds is 6. The Morgan fingerprint density at radius 3 is 2.91 bits per heavy atom. The molecule has 3 aromatic heterocycles. The lowest BCUT2D eigenvalue weighted by Crippen LogP contribution is -2.15. The quantitative estimate of drug-likeness (QED) is 0.396. The molecule has 0 bridgehead atoms. The SMILES string of the molecule is CC(C)Nc1c(F)c(Cl)c(-c2cn3cc(NC(=O)C4CC4CF)nc3cn2)c2cn[nH]c12. The lowest BCUT2D eigenvalue weighted by atomic mass is 10.1. The predicted octanol–water partition coefficient (Wildman–Crippen LogP) is 4.43. The van der Waals surface area contributed by atoms with Gasteiger partial charge in [0.15, 0.2) is 17.3 Å². The van der Waals surface area contributed by atoms with Gasteiger partial charge in [-0.2, -0.15) is 5.10 Å². The van der Waals surface area contributed by atoms with Crippen molar-refractivity contribution in [1.29, 1.82) is 0 Å². The van der Waals surface area contributed by atoms with Crippen molar-refractivity contribution in [3.05, 3.63) is 35.6 Å². The molecule has 32 heavy (non-hydrogen) atoms. The van der Waals surface area contributed by atoms with E-state index in [2.05, 4.69) is 30.8 Å². The lowest BCUT2D eigenvalue weighted by Gasteiger charge is -2.15. The molecule has 0 aliphatic heterocycles. The molecular formula is C21H20ClF2N7O. The Morgan fingerprint density at radius 2 is 2.19 bits per heavy atom. The third kappa shape index (κ3) is 3.44. The van der Waals surface area contributed by atoms with Gasteiger partial charge >= 0.3 is 0 Å². The highest BCUT2D eigenvalue weighted by Crippen LogP contribution is 2.41. The fraction of sp³-hybridized carbons (Fsp3) is 0.333. The number of nitrogens with one attached hydrogen (secondary N) is 3. The third-order valence-corrected chi connectivity index (χ3v) is 5.88. The van der Waals surface area contributed by atoms with Crippen LogP contribution in [0.25, 0.3) is 27.8 Å². The molecule has 11 heteroatoms. The first-order valence-corrected chi connectivity index (χ1v) is 10.6.